The molecule has 1 heterocycles. The van der Waals surface area contributed by atoms with Crippen molar-refractivity contribution in [3.05, 3.63) is 0 Å². The van der Waals surface area contributed by atoms with Gasteiger partial charge in [-0.1, -0.05) is 27.7 Å². The van der Waals surface area contributed by atoms with Crippen LogP contribution in [0.1, 0.15) is 40.5 Å². The molecule has 0 aromatic rings. The highest BCUT2D eigenvalue weighted by Crippen LogP contribution is 2.33. The van der Waals surface area contributed by atoms with E-state index in [2.05, 4.69) is 33.0 Å². The molecule has 0 aromatic carbocycles. The van der Waals surface area contributed by atoms with Crippen LogP contribution in [0.4, 0.5) is 0 Å². The number of nitrogens with one attached hydrogen (secondary N) is 1. The number of thioether (sulfide) groups is 1. The van der Waals surface area contributed by atoms with E-state index in [1.165, 1.54) is 5.75 Å². The lowest BCUT2D eigenvalue weighted by Crippen LogP contribution is -2.51. The van der Waals surface area contributed by atoms with E-state index in [9.17, 15) is 4.79 Å². The number of carbonyl (C=O) groups excluding carboxylic acids is 1. The zero-order chi connectivity index (χ0) is 14.6. The third kappa shape index (κ3) is 5.74. The topological polar surface area (TPSA) is 32.3 Å². The number of likely N-dealkylation sites (N-methyl/N-ethyl adjacent to an activating group) is 1. The van der Waals surface area contributed by atoms with Crippen molar-refractivity contribution in [2.75, 3.05) is 25.6 Å². The van der Waals surface area contributed by atoms with Gasteiger partial charge in [0.05, 0.1) is 6.04 Å². The Balaban J connectivity index is 2.63. The van der Waals surface area contributed by atoms with Crippen molar-refractivity contribution in [1.29, 1.82) is 0 Å². The van der Waals surface area contributed by atoms with Crippen LogP contribution >= 0.6 is 11.8 Å². The van der Waals surface area contributed by atoms with Gasteiger partial charge in [-0.2, -0.15) is 11.8 Å². The van der Waals surface area contributed by atoms with Crippen LogP contribution in [0.5, 0.6) is 0 Å². The molecule has 0 bridgehead atoms. The first-order valence-electron chi connectivity index (χ1n) is 7.26. The summed E-state index contributed by atoms with van der Waals surface area (Å²) in [7, 11) is 3.69. The highest BCUT2D eigenvalue weighted by molar-refractivity contribution is 7.99. The molecule has 0 aromatic heterocycles. The number of amides is 1. The van der Waals surface area contributed by atoms with Gasteiger partial charge in [0.25, 0.3) is 0 Å². The minimum atomic E-state index is -0.0329. The highest BCUT2D eigenvalue weighted by atomic mass is 32.2. The Morgan fingerprint density at radius 1 is 1.42 bits per heavy atom. The Labute approximate surface area is 122 Å². The molecule has 2 atom stereocenters. The number of carbonyl (C=O) groups is 1. The average Bonchev–Trinajstić information content (AvgIpc) is 2.25. The van der Waals surface area contributed by atoms with E-state index in [1.807, 2.05) is 25.9 Å². The van der Waals surface area contributed by atoms with Crippen LogP contribution in [0.25, 0.3) is 0 Å². The molecule has 0 aliphatic carbocycles. The summed E-state index contributed by atoms with van der Waals surface area (Å²) in [6.07, 6.45) is 2.08. The Bertz CT molecular complexity index is 303. The van der Waals surface area contributed by atoms with Gasteiger partial charge in [0.1, 0.15) is 0 Å². The molecule has 1 aliphatic heterocycles. The van der Waals surface area contributed by atoms with Crippen LogP contribution in [0, 0.1) is 11.3 Å². The third-order valence-electron chi connectivity index (χ3n) is 3.49. The minimum Gasteiger partial charge on any atom is -0.347 e. The number of hydrogen-bond acceptors (Lipinski definition) is 3. The lowest BCUT2D eigenvalue weighted by Gasteiger charge is -2.37. The van der Waals surface area contributed by atoms with Crippen molar-refractivity contribution in [3.63, 3.8) is 0 Å². The van der Waals surface area contributed by atoms with Gasteiger partial charge in [-0.3, -0.25) is 4.79 Å². The summed E-state index contributed by atoms with van der Waals surface area (Å²) in [6.45, 7) is 8.99. The molecule has 1 rings (SSSR count). The summed E-state index contributed by atoms with van der Waals surface area (Å²) in [5.41, 5.74) is 0.379. The van der Waals surface area contributed by atoms with Crippen LogP contribution in [0.3, 0.4) is 0 Å². The van der Waals surface area contributed by atoms with Crippen molar-refractivity contribution in [3.8, 4) is 0 Å². The van der Waals surface area contributed by atoms with Gasteiger partial charge in [0.2, 0.25) is 5.91 Å². The van der Waals surface area contributed by atoms with Gasteiger partial charge in [-0.25, -0.2) is 0 Å². The van der Waals surface area contributed by atoms with Crippen molar-refractivity contribution in [2.24, 2.45) is 11.3 Å². The van der Waals surface area contributed by atoms with E-state index in [4.69, 9.17) is 0 Å². The summed E-state index contributed by atoms with van der Waals surface area (Å²) >= 11 is 2.00. The molecule has 0 radical (unpaired) electrons. The van der Waals surface area contributed by atoms with Gasteiger partial charge >= 0.3 is 0 Å². The predicted octanol–water partition coefficient (Wildman–Crippen LogP) is 2.61. The molecule has 1 N–H and O–H groups in total. The van der Waals surface area contributed by atoms with E-state index in [1.54, 1.807) is 4.90 Å². The van der Waals surface area contributed by atoms with E-state index in [0.29, 0.717) is 17.4 Å². The lowest BCUT2D eigenvalue weighted by atomic mass is 9.87. The number of nitrogens with zero attached hydrogens (tertiary/aromatic N) is 1. The molecule has 112 valence electrons. The Morgan fingerprint density at radius 2 is 2.05 bits per heavy atom. The Kier molecular flexibility index (Phi) is 6.18. The molecule has 0 spiro atoms. The maximum absolute atomic E-state index is 12.3. The van der Waals surface area contributed by atoms with Gasteiger partial charge in [-0.05, 0) is 29.9 Å². The summed E-state index contributed by atoms with van der Waals surface area (Å²) < 4.78 is 0. The first kappa shape index (κ1) is 16.8. The summed E-state index contributed by atoms with van der Waals surface area (Å²) in [5, 5.41) is 3.61. The third-order valence-corrected chi connectivity index (χ3v) is 5.12. The van der Waals surface area contributed by atoms with Crippen LogP contribution in [-0.4, -0.2) is 48.5 Å². The first-order valence-corrected chi connectivity index (χ1v) is 8.42. The molecule has 1 saturated heterocycles. The quantitative estimate of drug-likeness (QED) is 0.843. The van der Waals surface area contributed by atoms with E-state index >= 15 is 0 Å². The first-order chi connectivity index (χ1) is 8.71. The highest BCUT2D eigenvalue weighted by Gasteiger charge is 2.31. The number of rotatable bonds is 5. The van der Waals surface area contributed by atoms with E-state index in [-0.39, 0.29) is 11.9 Å². The minimum absolute atomic E-state index is 0.0329. The van der Waals surface area contributed by atoms with E-state index in [0.717, 1.165) is 18.6 Å². The molecular weight excluding hydrogens is 256 g/mol. The molecule has 1 fully saturated rings. The SMILES string of the molecule is CC(C)CC(NC1CSCC(C)(C)C1)C(=O)N(C)C. The van der Waals surface area contributed by atoms with Gasteiger partial charge in [0, 0.05) is 25.9 Å². The largest absolute Gasteiger partial charge is 0.347 e. The normalized spacial score (nSPS) is 24.3. The maximum atomic E-state index is 12.3. The molecule has 0 saturated carbocycles. The molecule has 19 heavy (non-hydrogen) atoms. The van der Waals surface area contributed by atoms with Crippen molar-refractivity contribution in [1.82, 2.24) is 10.2 Å². The zero-order valence-electron chi connectivity index (χ0n) is 13.3. The van der Waals surface area contributed by atoms with Crippen molar-refractivity contribution >= 4 is 17.7 Å². The van der Waals surface area contributed by atoms with Crippen LogP contribution in [0.15, 0.2) is 0 Å². The smallest absolute Gasteiger partial charge is 0.239 e. The van der Waals surface area contributed by atoms with Crippen LogP contribution in [0.2, 0.25) is 0 Å². The van der Waals surface area contributed by atoms with Crippen LogP contribution in [-0.2, 0) is 4.79 Å². The standard InChI is InChI=1S/C15H30N2OS/c1-11(2)7-13(14(18)17(5)6)16-12-8-15(3,4)10-19-9-12/h11-13,16H,7-10H2,1-6H3. The lowest BCUT2D eigenvalue weighted by molar-refractivity contribution is -0.131. The molecule has 1 amide bonds. The molecule has 2 unspecified atom stereocenters. The summed E-state index contributed by atoms with van der Waals surface area (Å²) in [4.78, 5) is 14.0. The van der Waals surface area contributed by atoms with Crippen molar-refractivity contribution < 1.29 is 4.79 Å². The molecular formula is C15H30N2OS. The van der Waals surface area contributed by atoms with Gasteiger partial charge in [-0.15, -0.1) is 0 Å². The van der Waals surface area contributed by atoms with E-state index < -0.39 is 0 Å². The van der Waals surface area contributed by atoms with Crippen LogP contribution < -0.4 is 5.32 Å². The zero-order valence-corrected chi connectivity index (χ0v) is 14.1. The maximum Gasteiger partial charge on any atom is 0.239 e. The average molecular weight is 286 g/mol. The van der Waals surface area contributed by atoms with Gasteiger partial charge in [0.15, 0.2) is 0 Å². The fraction of sp³-hybridized carbons (Fsp3) is 0.933. The second-order valence-corrected chi connectivity index (χ2v) is 8.19. The molecule has 3 nitrogen and oxygen atoms in total. The number of hydrogen-bond donors (Lipinski definition) is 1. The fourth-order valence-corrected chi connectivity index (χ4v) is 3.96. The summed E-state index contributed by atoms with van der Waals surface area (Å²) in [5.74, 6) is 3.09. The fourth-order valence-electron chi connectivity index (χ4n) is 2.68. The Morgan fingerprint density at radius 3 is 2.53 bits per heavy atom. The summed E-state index contributed by atoms with van der Waals surface area (Å²) in [6, 6.07) is 0.427. The Hall–Kier alpha value is -0.220. The monoisotopic (exact) mass is 286 g/mol. The predicted molar refractivity (Wildman–Crippen MR) is 84.6 cm³/mol. The van der Waals surface area contributed by atoms with Crippen molar-refractivity contribution in [2.45, 2.75) is 52.6 Å². The molecule has 4 heteroatoms. The molecule has 1 aliphatic rings. The second kappa shape index (κ2) is 6.98. The second-order valence-electron chi connectivity index (χ2n) is 7.16. The van der Waals surface area contributed by atoms with Gasteiger partial charge < -0.3 is 10.2 Å².